The maximum absolute atomic E-state index is 13.1. The second kappa shape index (κ2) is 10.1. The summed E-state index contributed by atoms with van der Waals surface area (Å²) in [5.74, 6) is 0.919. The first-order valence-corrected chi connectivity index (χ1v) is 14.3. The van der Waals surface area contributed by atoms with Crippen molar-refractivity contribution in [3.63, 3.8) is 0 Å². The van der Waals surface area contributed by atoms with Crippen molar-refractivity contribution in [1.29, 1.82) is 0 Å². The lowest BCUT2D eigenvalue weighted by Gasteiger charge is -2.31. The number of nitrogens with zero attached hydrogens (tertiary/aromatic N) is 4. The van der Waals surface area contributed by atoms with E-state index in [9.17, 15) is 13.2 Å². The van der Waals surface area contributed by atoms with Crippen molar-refractivity contribution >= 4 is 27.2 Å². The van der Waals surface area contributed by atoms with E-state index in [1.807, 2.05) is 17.6 Å². The smallest absolute Gasteiger partial charge is 0.279 e. The molecule has 3 aliphatic rings. The first-order chi connectivity index (χ1) is 16.8. The number of nitrogens with one attached hydrogen (secondary N) is 2. The number of fused-ring (bicyclic) bond motifs is 1. The van der Waals surface area contributed by atoms with Crippen LogP contribution in [0.2, 0.25) is 0 Å². The molecule has 2 aromatic heterocycles. The number of pyridine rings is 1. The molecule has 2 saturated heterocycles. The average molecular weight is 505 g/mol. The summed E-state index contributed by atoms with van der Waals surface area (Å²) in [4.78, 5) is 22.4. The van der Waals surface area contributed by atoms with Crippen molar-refractivity contribution in [1.82, 2.24) is 23.6 Å². The minimum absolute atomic E-state index is 0.0231. The predicted octanol–water partition coefficient (Wildman–Crippen LogP) is 2.35. The highest BCUT2D eigenvalue weighted by Crippen LogP contribution is 2.36. The van der Waals surface area contributed by atoms with E-state index in [2.05, 4.69) is 21.9 Å². The van der Waals surface area contributed by atoms with Crippen LogP contribution < -0.4 is 15.6 Å². The number of piperidine rings is 1. The number of rotatable bonds is 7. The van der Waals surface area contributed by atoms with Gasteiger partial charge in [0, 0.05) is 55.5 Å². The van der Waals surface area contributed by atoms with Gasteiger partial charge in [-0.2, -0.15) is 22.4 Å². The Labute approximate surface area is 206 Å². The van der Waals surface area contributed by atoms with Gasteiger partial charge < -0.3 is 10.1 Å². The molecule has 0 amide bonds. The summed E-state index contributed by atoms with van der Waals surface area (Å²) < 4.78 is 37.0. The third kappa shape index (κ3) is 5.23. The topological polar surface area (TPSA) is 118 Å². The van der Waals surface area contributed by atoms with E-state index in [4.69, 9.17) is 9.72 Å². The summed E-state index contributed by atoms with van der Waals surface area (Å²) in [6.45, 7) is 5.94. The largest absolute Gasteiger partial charge is 0.377 e. The summed E-state index contributed by atoms with van der Waals surface area (Å²) in [5, 5.41) is 4.25. The molecule has 0 unspecified atom stereocenters. The molecule has 11 heteroatoms. The first kappa shape index (κ1) is 24.6. The van der Waals surface area contributed by atoms with E-state index in [0.29, 0.717) is 62.2 Å². The summed E-state index contributed by atoms with van der Waals surface area (Å²) in [6.07, 6.45) is 8.17. The number of hydrogen-bond donors (Lipinski definition) is 2. The predicted molar refractivity (Wildman–Crippen MR) is 135 cm³/mol. The third-order valence-electron chi connectivity index (χ3n) is 7.74. The molecule has 0 aromatic carbocycles. The molecule has 5 rings (SSSR count). The molecule has 1 aliphatic carbocycles. The van der Waals surface area contributed by atoms with E-state index >= 15 is 0 Å². The molecule has 0 radical (unpaired) electrons. The van der Waals surface area contributed by atoms with Gasteiger partial charge in [0.1, 0.15) is 5.65 Å². The van der Waals surface area contributed by atoms with Gasteiger partial charge in [0.25, 0.3) is 15.8 Å². The van der Waals surface area contributed by atoms with Gasteiger partial charge in [0.15, 0.2) is 0 Å². The zero-order valence-corrected chi connectivity index (χ0v) is 21.4. The number of anilines is 1. The van der Waals surface area contributed by atoms with Crippen LogP contribution in [-0.4, -0.2) is 65.6 Å². The van der Waals surface area contributed by atoms with Crippen LogP contribution in [0.1, 0.15) is 63.5 Å². The summed E-state index contributed by atoms with van der Waals surface area (Å²) in [7, 11) is -3.52. The SMILES string of the molecule is Cc1cc2cnc(NC3CCN(S(=O)(=O)NC[C@H]4CCCO4)CC3)nc2n([C@@H]2CCC[C@@H]2C)c1=O. The lowest BCUT2D eigenvalue weighted by molar-refractivity contribution is 0.114. The van der Waals surface area contributed by atoms with Crippen molar-refractivity contribution in [2.24, 2.45) is 5.92 Å². The second-order valence-corrected chi connectivity index (χ2v) is 12.0. The Morgan fingerprint density at radius 3 is 2.63 bits per heavy atom. The summed E-state index contributed by atoms with van der Waals surface area (Å²) >= 11 is 0. The molecule has 4 heterocycles. The van der Waals surface area contributed by atoms with Crippen LogP contribution >= 0.6 is 0 Å². The summed E-state index contributed by atoms with van der Waals surface area (Å²) in [6, 6.07) is 2.08. The minimum atomic E-state index is -3.52. The van der Waals surface area contributed by atoms with E-state index in [0.717, 1.165) is 37.5 Å². The standard InChI is InChI=1S/C24H36N6O4S/c1-16-5-3-7-21(16)30-22-18(13-17(2)23(30)31)14-25-24(28-22)27-19-8-10-29(11-9-19)35(32,33)26-15-20-6-4-12-34-20/h13-14,16,19-21,26H,3-12,15H2,1-2H3,(H,25,27,28)/t16-,20+,21+/m0/s1. The Kier molecular flexibility index (Phi) is 7.11. The molecule has 2 aliphatic heterocycles. The molecular weight excluding hydrogens is 468 g/mol. The molecule has 10 nitrogen and oxygen atoms in total. The lowest BCUT2D eigenvalue weighted by Crippen LogP contribution is -2.48. The van der Waals surface area contributed by atoms with Gasteiger partial charge in [-0.15, -0.1) is 0 Å². The van der Waals surface area contributed by atoms with Crippen LogP contribution in [0.25, 0.3) is 11.0 Å². The van der Waals surface area contributed by atoms with Crippen LogP contribution in [0, 0.1) is 12.8 Å². The third-order valence-corrected chi connectivity index (χ3v) is 9.32. The highest BCUT2D eigenvalue weighted by Gasteiger charge is 2.30. The van der Waals surface area contributed by atoms with E-state index in [-0.39, 0.29) is 23.7 Å². The van der Waals surface area contributed by atoms with Crippen LogP contribution in [0.4, 0.5) is 5.95 Å². The zero-order chi connectivity index (χ0) is 24.6. The highest BCUT2D eigenvalue weighted by atomic mass is 32.2. The quantitative estimate of drug-likeness (QED) is 0.594. The number of aromatic nitrogens is 3. The molecule has 192 valence electrons. The first-order valence-electron chi connectivity index (χ1n) is 12.8. The number of hydrogen-bond acceptors (Lipinski definition) is 7. The number of ether oxygens (including phenoxy) is 1. The van der Waals surface area contributed by atoms with E-state index in [1.54, 1.807) is 6.20 Å². The van der Waals surface area contributed by atoms with Crippen molar-refractivity contribution in [3.8, 4) is 0 Å². The Hall–Kier alpha value is -2.08. The Balaban J connectivity index is 1.26. The van der Waals surface area contributed by atoms with Gasteiger partial charge in [-0.25, -0.2) is 4.98 Å². The average Bonchev–Trinajstić information content (AvgIpc) is 3.51. The van der Waals surface area contributed by atoms with E-state index < -0.39 is 10.2 Å². The Morgan fingerprint density at radius 2 is 1.94 bits per heavy atom. The van der Waals surface area contributed by atoms with Crippen molar-refractivity contribution in [3.05, 3.63) is 28.2 Å². The Morgan fingerprint density at radius 1 is 1.14 bits per heavy atom. The molecule has 2 aromatic rings. The van der Waals surface area contributed by atoms with Crippen LogP contribution in [0.5, 0.6) is 0 Å². The van der Waals surface area contributed by atoms with Crippen LogP contribution in [-0.2, 0) is 14.9 Å². The molecule has 35 heavy (non-hydrogen) atoms. The fraction of sp³-hybridized carbons (Fsp3) is 0.708. The number of aryl methyl sites for hydroxylation is 1. The molecule has 0 spiro atoms. The maximum Gasteiger partial charge on any atom is 0.279 e. The maximum atomic E-state index is 13.1. The van der Waals surface area contributed by atoms with E-state index in [1.165, 1.54) is 4.31 Å². The van der Waals surface area contributed by atoms with Gasteiger partial charge in [-0.3, -0.25) is 9.36 Å². The fourth-order valence-electron chi connectivity index (χ4n) is 5.66. The Bertz CT molecular complexity index is 1220. The zero-order valence-electron chi connectivity index (χ0n) is 20.6. The van der Waals surface area contributed by atoms with Crippen molar-refractivity contribution < 1.29 is 13.2 Å². The molecule has 3 fully saturated rings. The second-order valence-electron chi connectivity index (χ2n) is 10.3. The van der Waals surface area contributed by atoms with Gasteiger partial charge in [0.2, 0.25) is 5.95 Å². The van der Waals surface area contributed by atoms with Gasteiger partial charge in [0.05, 0.1) is 6.10 Å². The monoisotopic (exact) mass is 504 g/mol. The normalized spacial score (nSPS) is 26.5. The van der Waals surface area contributed by atoms with Crippen molar-refractivity contribution in [2.75, 3.05) is 31.6 Å². The lowest BCUT2D eigenvalue weighted by atomic mass is 10.1. The molecular formula is C24H36N6O4S. The van der Waals surface area contributed by atoms with Gasteiger partial charge in [-0.1, -0.05) is 13.3 Å². The molecule has 1 saturated carbocycles. The summed E-state index contributed by atoms with van der Waals surface area (Å²) in [5.41, 5.74) is 1.41. The minimum Gasteiger partial charge on any atom is -0.377 e. The van der Waals surface area contributed by atoms with Crippen LogP contribution in [0.3, 0.4) is 0 Å². The molecule has 3 atom stereocenters. The van der Waals surface area contributed by atoms with Crippen molar-refractivity contribution in [2.45, 2.75) is 77.0 Å². The van der Waals surface area contributed by atoms with Crippen LogP contribution in [0.15, 0.2) is 17.1 Å². The van der Waals surface area contributed by atoms with Gasteiger partial charge >= 0.3 is 0 Å². The fourth-order valence-corrected chi connectivity index (χ4v) is 6.93. The molecule has 2 N–H and O–H groups in total. The van der Waals surface area contributed by atoms with Gasteiger partial charge in [-0.05, 0) is 57.4 Å². The molecule has 0 bridgehead atoms. The highest BCUT2D eigenvalue weighted by molar-refractivity contribution is 7.87.